The van der Waals surface area contributed by atoms with E-state index in [9.17, 15) is 0 Å². The van der Waals surface area contributed by atoms with Crippen LogP contribution in [0.4, 0.5) is 0 Å². The molecule has 0 unspecified atom stereocenters. The highest BCUT2D eigenvalue weighted by Crippen LogP contribution is 2.05. The molecular formula is C13H29N3. The van der Waals surface area contributed by atoms with Crippen molar-refractivity contribution in [3.63, 3.8) is 0 Å². The van der Waals surface area contributed by atoms with Crippen LogP contribution in [0.15, 0.2) is 6.20 Å². The van der Waals surface area contributed by atoms with E-state index in [1.807, 2.05) is 38.6 Å². The molecule has 0 fully saturated rings. The molecule has 16 heavy (non-hydrogen) atoms. The van der Waals surface area contributed by atoms with Crippen LogP contribution in [0.2, 0.25) is 0 Å². The summed E-state index contributed by atoms with van der Waals surface area (Å²) in [5.74, 6) is 0. The molecule has 1 heterocycles. The first-order valence-electron chi connectivity index (χ1n) is 6.51. The molecule has 0 aliphatic heterocycles. The minimum Gasteiger partial charge on any atom is -0.311 e. The second kappa shape index (κ2) is 12.2. The summed E-state index contributed by atoms with van der Waals surface area (Å²) in [5, 5.41) is 7.57. The van der Waals surface area contributed by atoms with Gasteiger partial charge in [0.15, 0.2) is 0 Å². The van der Waals surface area contributed by atoms with Gasteiger partial charge < -0.3 is 5.32 Å². The summed E-state index contributed by atoms with van der Waals surface area (Å²) in [5.41, 5.74) is 2.58. The third-order valence-electron chi connectivity index (χ3n) is 2.00. The maximum atomic E-state index is 4.26. The standard InChI is InChI=1S/C9H17N3.2C2H6/c1-4-10-7-9-8(3)6-11-12(9)5-2;2*1-2/h6,10H,4-5,7H2,1-3H3;2*1-2H3. The molecule has 1 N–H and O–H groups in total. The molecule has 1 aromatic rings. The zero-order valence-corrected chi connectivity index (χ0v) is 12.1. The van der Waals surface area contributed by atoms with Crippen LogP contribution in [0.5, 0.6) is 0 Å². The zero-order valence-electron chi connectivity index (χ0n) is 12.1. The van der Waals surface area contributed by atoms with E-state index in [1.54, 1.807) is 0 Å². The van der Waals surface area contributed by atoms with E-state index < -0.39 is 0 Å². The van der Waals surface area contributed by atoms with Gasteiger partial charge >= 0.3 is 0 Å². The first-order chi connectivity index (χ1) is 7.79. The minimum absolute atomic E-state index is 0.927. The number of hydrogen-bond donors (Lipinski definition) is 1. The molecule has 0 saturated heterocycles. The SMILES string of the molecule is CC.CC.CCNCc1c(C)cnn1CC. The highest BCUT2D eigenvalue weighted by atomic mass is 15.3. The van der Waals surface area contributed by atoms with Crippen molar-refractivity contribution in [3.8, 4) is 0 Å². The van der Waals surface area contributed by atoms with Gasteiger partial charge in [-0.05, 0) is 26.0 Å². The maximum absolute atomic E-state index is 4.26. The number of rotatable bonds is 4. The Bertz CT molecular complexity index is 241. The van der Waals surface area contributed by atoms with Crippen molar-refractivity contribution in [2.24, 2.45) is 0 Å². The van der Waals surface area contributed by atoms with Crippen molar-refractivity contribution in [2.75, 3.05) is 6.54 Å². The van der Waals surface area contributed by atoms with E-state index in [2.05, 4.69) is 31.2 Å². The highest BCUT2D eigenvalue weighted by molar-refractivity contribution is 5.15. The first kappa shape index (κ1) is 17.6. The summed E-state index contributed by atoms with van der Waals surface area (Å²) in [4.78, 5) is 0. The Balaban J connectivity index is 0. The van der Waals surface area contributed by atoms with Crippen LogP contribution in [0.25, 0.3) is 0 Å². The molecular weight excluding hydrogens is 198 g/mol. The lowest BCUT2D eigenvalue weighted by atomic mass is 10.3. The third kappa shape index (κ3) is 5.91. The van der Waals surface area contributed by atoms with Crippen LogP contribution in [0.1, 0.15) is 52.8 Å². The molecule has 96 valence electrons. The summed E-state index contributed by atoms with van der Waals surface area (Å²) in [6, 6.07) is 0. The van der Waals surface area contributed by atoms with Crippen molar-refractivity contribution >= 4 is 0 Å². The number of aryl methyl sites for hydroxylation is 2. The summed E-state index contributed by atoms with van der Waals surface area (Å²) in [6.07, 6.45) is 1.93. The highest BCUT2D eigenvalue weighted by Gasteiger charge is 2.03. The van der Waals surface area contributed by atoms with Gasteiger partial charge in [-0.2, -0.15) is 5.10 Å². The lowest BCUT2D eigenvalue weighted by molar-refractivity contribution is 0.588. The molecule has 0 aliphatic rings. The van der Waals surface area contributed by atoms with Crippen LogP contribution < -0.4 is 5.32 Å². The van der Waals surface area contributed by atoms with Gasteiger partial charge in [0.2, 0.25) is 0 Å². The van der Waals surface area contributed by atoms with Crippen molar-refractivity contribution in [3.05, 3.63) is 17.5 Å². The smallest absolute Gasteiger partial charge is 0.0551 e. The van der Waals surface area contributed by atoms with Gasteiger partial charge in [0.25, 0.3) is 0 Å². The van der Waals surface area contributed by atoms with Crippen LogP contribution in [-0.2, 0) is 13.1 Å². The van der Waals surface area contributed by atoms with E-state index >= 15 is 0 Å². The summed E-state index contributed by atoms with van der Waals surface area (Å²) in [7, 11) is 0. The lowest BCUT2D eigenvalue weighted by Crippen LogP contribution is -2.16. The van der Waals surface area contributed by atoms with E-state index in [0.717, 1.165) is 19.6 Å². The minimum atomic E-state index is 0.927. The van der Waals surface area contributed by atoms with Crippen LogP contribution >= 0.6 is 0 Å². The van der Waals surface area contributed by atoms with E-state index in [4.69, 9.17) is 0 Å². The van der Waals surface area contributed by atoms with Crippen LogP contribution in [0.3, 0.4) is 0 Å². The van der Waals surface area contributed by atoms with Crippen LogP contribution in [0, 0.1) is 6.92 Å². The van der Waals surface area contributed by atoms with E-state index in [0.29, 0.717) is 0 Å². The molecule has 0 bridgehead atoms. The number of nitrogens with zero attached hydrogens (tertiary/aromatic N) is 2. The average Bonchev–Trinajstić information content (AvgIpc) is 2.72. The molecule has 1 aromatic heterocycles. The van der Waals surface area contributed by atoms with E-state index in [1.165, 1.54) is 11.3 Å². The van der Waals surface area contributed by atoms with Gasteiger partial charge in [-0.15, -0.1) is 0 Å². The number of aromatic nitrogens is 2. The van der Waals surface area contributed by atoms with Gasteiger partial charge in [0, 0.05) is 13.1 Å². The Kier molecular flexibility index (Phi) is 13.4. The predicted octanol–water partition coefficient (Wildman–Crippen LogP) is 3.37. The number of hydrogen-bond acceptors (Lipinski definition) is 2. The second-order valence-electron chi connectivity index (χ2n) is 2.87. The predicted molar refractivity (Wildman–Crippen MR) is 72.7 cm³/mol. The molecule has 0 aromatic carbocycles. The van der Waals surface area contributed by atoms with Crippen molar-refractivity contribution in [2.45, 2.75) is 61.6 Å². The fourth-order valence-electron chi connectivity index (χ4n) is 1.25. The Morgan fingerprint density at radius 1 is 1.19 bits per heavy atom. The summed E-state index contributed by atoms with van der Waals surface area (Å²) < 4.78 is 2.04. The van der Waals surface area contributed by atoms with Crippen molar-refractivity contribution in [1.82, 2.24) is 15.1 Å². The Morgan fingerprint density at radius 3 is 2.19 bits per heavy atom. The average molecular weight is 227 g/mol. The second-order valence-corrected chi connectivity index (χ2v) is 2.87. The molecule has 0 spiro atoms. The van der Waals surface area contributed by atoms with Gasteiger partial charge in [0.05, 0.1) is 11.9 Å². The molecule has 3 nitrogen and oxygen atoms in total. The van der Waals surface area contributed by atoms with Crippen LogP contribution in [-0.4, -0.2) is 16.3 Å². The van der Waals surface area contributed by atoms with Gasteiger partial charge in [0.1, 0.15) is 0 Å². The van der Waals surface area contributed by atoms with Gasteiger partial charge in [-0.1, -0.05) is 34.6 Å². The largest absolute Gasteiger partial charge is 0.311 e. The monoisotopic (exact) mass is 227 g/mol. The van der Waals surface area contributed by atoms with Gasteiger partial charge in [-0.3, -0.25) is 4.68 Å². The lowest BCUT2D eigenvalue weighted by Gasteiger charge is -2.05. The molecule has 3 heteroatoms. The Hall–Kier alpha value is -0.830. The van der Waals surface area contributed by atoms with Gasteiger partial charge in [-0.25, -0.2) is 0 Å². The molecule has 0 amide bonds. The molecule has 0 saturated carbocycles. The first-order valence-corrected chi connectivity index (χ1v) is 6.51. The molecule has 0 atom stereocenters. The molecule has 1 rings (SSSR count). The summed E-state index contributed by atoms with van der Waals surface area (Å²) in [6.45, 7) is 17.2. The maximum Gasteiger partial charge on any atom is 0.0551 e. The topological polar surface area (TPSA) is 29.9 Å². The summed E-state index contributed by atoms with van der Waals surface area (Å²) >= 11 is 0. The fourth-order valence-corrected chi connectivity index (χ4v) is 1.25. The molecule has 0 radical (unpaired) electrons. The van der Waals surface area contributed by atoms with E-state index in [-0.39, 0.29) is 0 Å². The zero-order chi connectivity index (χ0) is 13.0. The normalized spacial score (nSPS) is 8.69. The Morgan fingerprint density at radius 2 is 1.75 bits per heavy atom. The Labute approximate surface area is 101 Å². The van der Waals surface area contributed by atoms with Crippen molar-refractivity contribution < 1.29 is 0 Å². The fraction of sp³-hybridized carbons (Fsp3) is 0.769. The van der Waals surface area contributed by atoms with Crippen molar-refractivity contribution in [1.29, 1.82) is 0 Å². The number of nitrogens with one attached hydrogen (secondary N) is 1. The quantitative estimate of drug-likeness (QED) is 0.854. The third-order valence-corrected chi connectivity index (χ3v) is 2.00. The molecule has 0 aliphatic carbocycles.